The fourth-order valence-electron chi connectivity index (χ4n) is 5.20. The molecule has 6 rings (SSSR count). The average molecular weight is 513 g/mol. The Balaban J connectivity index is 1.25. The zero-order valence-corrected chi connectivity index (χ0v) is 20.9. The monoisotopic (exact) mass is 512 g/mol. The molecule has 0 radical (unpaired) electrons. The van der Waals surface area contributed by atoms with Gasteiger partial charge in [-0.3, -0.25) is 19.4 Å². The maximum absolute atomic E-state index is 13.0. The van der Waals surface area contributed by atoms with Gasteiger partial charge in [-0.15, -0.1) is 0 Å². The first-order valence-electron chi connectivity index (χ1n) is 12.3. The van der Waals surface area contributed by atoms with Crippen LogP contribution in [0.25, 0.3) is 11.0 Å². The van der Waals surface area contributed by atoms with Crippen LogP contribution in [0.4, 0.5) is 0 Å². The summed E-state index contributed by atoms with van der Waals surface area (Å²) in [4.78, 5) is 39.2. The molecule has 1 fully saturated rings. The molecule has 4 aromatic rings. The first kappa shape index (κ1) is 23.7. The van der Waals surface area contributed by atoms with Crippen molar-refractivity contribution >= 4 is 34.4 Å². The Hall–Kier alpha value is -3.65. The summed E-state index contributed by atoms with van der Waals surface area (Å²) in [5.41, 5.74) is 3.61. The topological polar surface area (TPSA) is 86.6 Å². The first-order chi connectivity index (χ1) is 17.9. The third kappa shape index (κ3) is 4.39. The number of para-hydroxylation sites is 2. The van der Waals surface area contributed by atoms with Crippen molar-refractivity contribution in [1.29, 1.82) is 0 Å². The summed E-state index contributed by atoms with van der Waals surface area (Å²) >= 11 is 6.02. The number of amides is 2. The number of nitrogens with zero attached hydrogens (tertiary/aromatic N) is 4. The molecule has 1 N–H and O–H groups in total. The molecule has 2 aliphatic rings. The number of rotatable bonds is 5. The minimum atomic E-state index is -0.904. The fraction of sp³-hybridized carbons (Fsp3) is 0.241. The fourth-order valence-corrected chi connectivity index (χ4v) is 5.33. The molecule has 0 bridgehead atoms. The Kier molecular flexibility index (Phi) is 5.99. The van der Waals surface area contributed by atoms with Crippen LogP contribution in [0.3, 0.4) is 0 Å². The van der Waals surface area contributed by atoms with Gasteiger partial charge >= 0.3 is 0 Å². The summed E-state index contributed by atoms with van der Waals surface area (Å²) < 4.78 is 0. The van der Waals surface area contributed by atoms with Gasteiger partial charge in [0.2, 0.25) is 0 Å². The summed E-state index contributed by atoms with van der Waals surface area (Å²) in [6, 6.07) is 21.8. The van der Waals surface area contributed by atoms with Crippen LogP contribution < -0.4 is 0 Å². The van der Waals surface area contributed by atoms with Gasteiger partial charge in [-0.1, -0.05) is 48.0 Å². The van der Waals surface area contributed by atoms with Gasteiger partial charge in [-0.05, 0) is 54.8 Å². The number of hydrogen-bond donors (Lipinski definition) is 1. The number of aliphatic hydroxyl groups is 1. The number of likely N-dealkylation sites (tertiary alicyclic amines) is 1. The maximum Gasteiger partial charge on any atom is 0.261 e. The molecule has 37 heavy (non-hydrogen) atoms. The Morgan fingerprint density at radius 2 is 1.27 bits per heavy atom. The van der Waals surface area contributed by atoms with Gasteiger partial charge < -0.3 is 5.11 Å². The van der Waals surface area contributed by atoms with Crippen molar-refractivity contribution in [3.05, 3.63) is 106 Å². The van der Waals surface area contributed by atoms with Crippen LogP contribution in [-0.2, 0) is 18.7 Å². The molecule has 0 aliphatic carbocycles. The number of piperidine rings is 1. The molecule has 186 valence electrons. The van der Waals surface area contributed by atoms with Crippen molar-refractivity contribution in [3.63, 3.8) is 0 Å². The average Bonchev–Trinajstić information content (AvgIpc) is 3.15. The molecule has 0 saturated carbocycles. The molecule has 2 aliphatic heterocycles. The van der Waals surface area contributed by atoms with Gasteiger partial charge in [0.1, 0.15) is 0 Å². The molecule has 0 spiro atoms. The van der Waals surface area contributed by atoms with Gasteiger partial charge in [0, 0.05) is 24.7 Å². The van der Waals surface area contributed by atoms with E-state index in [1.807, 2.05) is 36.4 Å². The zero-order chi connectivity index (χ0) is 25.6. The van der Waals surface area contributed by atoms with Crippen LogP contribution in [0.15, 0.2) is 72.8 Å². The summed E-state index contributed by atoms with van der Waals surface area (Å²) in [7, 11) is 0. The predicted molar refractivity (Wildman–Crippen MR) is 140 cm³/mol. The molecule has 7 nitrogen and oxygen atoms in total. The number of benzene rings is 3. The van der Waals surface area contributed by atoms with Crippen LogP contribution >= 0.6 is 11.6 Å². The molecule has 1 aromatic heterocycles. The number of aromatic nitrogens is 2. The molecule has 0 atom stereocenters. The Morgan fingerprint density at radius 3 is 1.84 bits per heavy atom. The first-order valence-corrected chi connectivity index (χ1v) is 12.7. The largest absolute Gasteiger partial charge is 0.385 e. The molecule has 2 amide bonds. The van der Waals surface area contributed by atoms with Crippen LogP contribution in [0.5, 0.6) is 0 Å². The second-order valence-electron chi connectivity index (χ2n) is 9.66. The molecular formula is C29H25ClN4O3. The molecular weight excluding hydrogens is 488 g/mol. The van der Waals surface area contributed by atoms with E-state index in [9.17, 15) is 14.7 Å². The van der Waals surface area contributed by atoms with Crippen LogP contribution in [0.2, 0.25) is 5.02 Å². The van der Waals surface area contributed by atoms with Crippen molar-refractivity contribution in [3.8, 4) is 0 Å². The molecule has 3 aromatic carbocycles. The lowest BCUT2D eigenvalue weighted by molar-refractivity contribution is -0.0280. The summed E-state index contributed by atoms with van der Waals surface area (Å²) in [5, 5.41) is 11.9. The number of carbonyl (C=O) groups is 2. The third-order valence-electron chi connectivity index (χ3n) is 7.35. The highest BCUT2D eigenvalue weighted by Crippen LogP contribution is 2.34. The predicted octanol–water partition coefficient (Wildman–Crippen LogP) is 4.56. The lowest BCUT2D eigenvalue weighted by Crippen LogP contribution is -2.42. The summed E-state index contributed by atoms with van der Waals surface area (Å²) in [6.45, 7) is 1.90. The van der Waals surface area contributed by atoms with E-state index in [-0.39, 0.29) is 18.4 Å². The zero-order valence-electron chi connectivity index (χ0n) is 20.1. The highest BCUT2D eigenvalue weighted by molar-refractivity contribution is 6.30. The van der Waals surface area contributed by atoms with E-state index in [1.165, 1.54) is 4.90 Å². The Bertz CT molecular complexity index is 1480. The van der Waals surface area contributed by atoms with E-state index in [2.05, 4.69) is 4.90 Å². The maximum atomic E-state index is 13.0. The van der Waals surface area contributed by atoms with E-state index in [4.69, 9.17) is 21.6 Å². The lowest BCUT2D eigenvalue weighted by Gasteiger charge is -2.38. The van der Waals surface area contributed by atoms with Crippen molar-refractivity contribution < 1.29 is 14.7 Å². The van der Waals surface area contributed by atoms with Crippen molar-refractivity contribution in [2.75, 3.05) is 13.1 Å². The number of hydrogen-bond acceptors (Lipinski definition) is 6. The minimum absolute atomic E-state index is 0.0576. The number of carbonyl (C=O) groups excluding carboxylic acids is 2. The second kappa shape index (κ2) is 9.34. The van der Waals surface area contributed by atoms with Gasteiger partial charge in [0.05, 0.1) is 45.7 Å². The van der Waals surface area contributed by atoms with E-state index < -0.39 is 5.60 Å². The lowest BCUT2D eigenvalue weighted by atomic mass is 9.84. The quantitative estimate of drug-likeness (QED) is 0.394. The molecule has 0 unspecified atom stereocenters. The van der Waals surface area contributed by atoms with Crippen molar-refractivity contribution in [1.82, 2.24) is 19.8 Å². The van der Waals surface area contributed by atoms with E-state index in [0.29, 0.717) is 59.8 Å². The van der Waals surface area contributed by atoms with Gasteiger partial charge in [0.15, 0.2) is 0 Å². The van der Waals surface area contributed by atoms with Gasteiger partial charge in [-0.25, -0.2) is 9.97 Å². The smallest absolute Gasteiger partial charge is 0.261 e. The summed E-state index contributed by atoms with van der Waals surface area (Å²) in [6.07, 6.45) is 1.15. The molecule has 1 saturated heterocycles. The van der Waals surface area contributed by atoms with Crippen LogP contribution in [0.1, 0.15) is 50.5 Å². The molecule has 8 heteroatoms. The standard InChI is InChI=1S/C29H25ClN4O3/c30-20-11-9-19(10-12-20)29(37)13-15-33(16-14-29)17-25-26(32-24-8-4-3-7-23(24)31-25)18-34-27(35)21-5-1-2-6-22(21)28(34)36/h1-12,37H,13-18H2. The minimum Gasteiger partial charge on any atom is -0.385 e. The Labute approximate surface area is 219 Å². The second-order valence-corrected chi connectivity index (χ2v) is 10.1. The van der Waals surface area contributed by atoms with Crippen LogP contribution in [0, 0.1) is 0 Å². The van der Waals surface area contributed by atoms with Crippen LogP contribution in [-0.4, -0.2) is 49.8 Å². The summed E-state index contributed by atoms with van der Waals surface area (Å²) in [5.74, 6) is -0.625. The van der Waals surface area contributed by atoms with Gasteiger partial charge in [0.25, 0.3) is 11.8 Å². The normalized spacial score (nSPS) is 17.4. The highest BCUT2D eigenvalue weighted by Gasteiger charge is 2.37. The number of halogens is 1. The third-order valence-corrected chi connectivity index (χ3v) is 7.60. The molecule has 3 heterocycles. The number of imide groups is 1. The van der Waals surface area contributed by atoms with E-state index >= 15 is 0 Å². The Morgan fingerprint density at radius 1 is 0.757 bits per heavy atom. The number of fused-ring (bicyclic) bond motifs is 2. The highest BCUT2D eigenvalue weighted by atomic mass is 35.5. The van der Waals surface area contributed by atoms with E-state index in [0.717, 1.165) is 16.8 Å². The van der Waals surface area contributed by atoms with Gasteiger partial charge in [-0.2, -0.15) is 0 Å². The van der Waals surface area contributed by atoms with Crippen molar-refractivity contribution in [2.45, 2.75) is 31.5 Å². The SMILES string of the molecule is O=C1c2ccccc2C(=O)N1Cc1nc2ccccc2nc1CN1CCC(O)(c2ccc(Cl)cc2)CC1. The van der Waals surface area contributed by atoms with Crippen molar-refractivity contribution in [2.24, 2.45) is 0 Å². The van der Waals surface area contributed by atoms with E-state index in [1.54, 1.807) is 36.4 Å².